The van der Waals surface area contributed by atoms with Crippen LogP contribution in [0.3, 0.4) is 0 Å². The Kier molecular flexibility index (Phi) is 6.97. The number of rotatable bonds is 7. The molecule has 1 aromatic rings. The molecular weight excluding hydrogens is 559 g/mol. The van der Waals surface area contributed by atoms with Gasteiger partial charge in [-0.3, -0.25) is 14.6 Å². The third-order valence-corrected chi connectivity index (χ3v) is 9.66. The van der Waals surface area contributed by atoms with Crippen LogP contribution in [0.15, 0.2) is 34.2 Å². The zero-order valence-corrected chi connectivity index (χ0v) is 21.4. The summed E-state index contributed by atoms with van der Waals surface area (Å²) < 4.78 is 91.1. The summed E-state index contributed by atoms with van der Waals surface area (Å²) in [6.07, 6.45) is 0.0471. The number of nitrogens with zero attached hydrogens (tertiary/aromatic N) is 1. The number of halogens is 7. The number of amides is 2. The number of nitrogens with one attached hydrogen (secondary N) is 2. The van der Waals surface area contributed by atoms with Crippen molar-refractivity contribution >= 4 is 46.2 Å². The summed E-state index contributed by atoms with van der Waals surface area (Å²) in [5, 5.41) is -0.615. The quantitative estimate of drug-likeness (QED) is 0.286. The van der Waals surface area contributed by atoms with E-state index in [0.717, 1.165) is 49.2 Å². The van der Waals surface area contributed by atoms with Gasteiger partial charge in [0, 0.05) is 17.0 Å². The van der Waals surface area contributed by atoms with Crippen LogP contribution in [0.5, 0.6) is 0 Å². The van der Waals surface area contributed by atoms with Crippen LogP contribution in [0, 0.1) is 17.8 Å². The van der Waals surface area contributed by atoms with Crippen LogP contribution in [-0.4, -0.2) is 45.1 Å². The molecule has 1 saturated heterocycles. The molecule has 5 nitrogen and oxygen atoms in total. The van der Waals surface area contributed by atoms with Gasteiger partial charge in [0.15, 0.2) is 5.17 Å². The second-order valence-electron chi connectivity index (χ2n) is 10.6. The molecule has 14 heteroatoms. The van der Waals surface area contributed by atoms with Gasteiger partial charge in [0.05, 0.1) is 5.54 Å². The molecule has 2 amide bonds. The molecule has 4 bridgehead atoms. The van der Waals surface area contributed by atoms with E-state index in [-0.39, 0.29) is 23.6 Å². The summed E-state index contributed by atoms with van der Waals surface area (Å²) in [6.45, 7) is 0. The molecular formula is C24H24F7N3O2S2. The molecule has 1 unspecified atom stereocenters. The van der Waals surface area contributed by atoms with E-state index in [1.54, 1.807) is 0 Å². The Hall–Kier alpha value is -1.96. The molecule has 5 fully saturated rings. The van der Waals surface area contributed by atoms with Crippen molar-refractivity contribution in [1.82, 2.24) is 5.32 Å². The minimum Gasteiger partial charge on any atom is -0.326 e. The van der Waals surface area contributed by atoms with Crippen molar-refractivity contribution in [3.05, 3.63) is 24.3 Å². The van der Waals surface area contributed by atoms with Gasteiger partial charge < -0.3 is 10.6 Å². The zero-order chi connectivity index (χ0) is 27.5. The predicted octanol–water partition coefficient (Wildman–Crippen LogP) is 6.45. The molecule has 1 heterocycles. The Balaban J connectivity index is 1.19. The normalized spacial score (nSPS) is 32.1. The molecule has 2 N–H and O–H groups in total. The lowest BCUT2D eigenvalue weighted by Gasteiger charge is -2.55. The highest BCUT2D eigenvalue weighted by Gasteiger charge is 2.73. The molecule has 4 saturated carbocycles. The largest absolute Gasteiger partial charge is 0.460 e. The zero-order valence-electron chi connectivity index (χ0n) is 19.8. The molecule has 4 aliphatic carbocycles. The van der Waals surface area contributed by atoms with Crippen molar-refractivity contribution in [2.24, 2.45) is 22.7 Å². The van der Waals surface area contributed by atoms with Gasteiger partial charge in [-0.05, 0) is 86.2 Å². The summed E-state index contributed by atoms with van der Waals surface area (Å²) in [5.74, 6) is -5.28. The number of hydrogen-bond acceptors (Lipinski definition) is 5. The van der Waals surface area contributed by atoms with Crippen molar-refractivity contribution < 1.29 is 40.3 Å². The Labute approximate surface area is 222 Å². The van der Waals surface area contributed by atoms with E-state index in [2.05, 4.69) is 10.6 Å². The summed E-state index contributed by atoms with van der Waals surface area (Å²) in [4.78, 5) is 29.4. The molecule has 0 spiro atoms. The number of carbonyl (C=O) groups excluding carboxylic acids is 2. The van der Waals surface area contributed by atoms with Gasteiger partial charge in [-0.15, -0.1) is 0 Å². The van der Waals surface area contributed by atoms with Crippen LogP contribution >= 0.6 is 23.5 Å². The molecule has 5 aliphatic rings. The summed E-state index contributed by atoms with van der Waals surface area (Å²) in [6, 6.07) is 4.19. The highest BCUT2D eigenvalue weighted by atomic mass is 32.2. The van der Waals surface area contributed by atoms with Crippen molar-refractivity contribution in [3.8, 4) is 0 Å². The Bertz CT molecular complexity index is 1120. The van der Waals surface area contributed by atoms with E-state index in [1.165, 1.54) is 25.3 Å². The smallest absolute Gasteiger partial charge is 0.326 e. The summed E-state index contributed by atoms with van der Waals surface area (Å²) in [7, 11) is 0. The van der Waals surface area contributed by atoms with Gasteiger partial charge in [0.1, 0.15) is 5.25 Å². The van der Waals surface area contributed by atoms with Gasteiger partial charge in [0.2, 0.25) is 11.8 Å². The average Bonchev–Trinajstić information content (AvgIpc) is 3.09. The van der Waals surface area contributed by atoms with Crippen molar-refractivity contribution in [2.45, 2.75) is 78.0 Å². The predicted molar refractivity (Wildman–Crippen MR) is 129 cm³/mol. The fraction of sp³-hybridized carbons (Fsp3) is 0.625. The number of thioether (sulfide) groups is 2. The fourth-order valence-electron chi connectivity index (χ4n) is 6.40. The Morgan fingerprint density at radius 3 is 2.24 bits per heavy atom. The first-order valence-corrected chi connectivity index (χ1v) is 13.8. The van der Waals surface area contributed by atoms with Crippen LogP contribution < -0.4 is 10.6 Å². The van der Waals surface area contributed by atoms with Crippen molar-refractivity contribution in [3.63, 3.8) is 0 Å². The SMILES string of the molecule is O=C(CC1SC(=NC23CC4CC(CC(C4)C2)C3)NC1=O)Nc1cccc(SC(F)(F)C(F)(F)C(F)(F)F)c1. The van der Waals surface area contributed by atoms with Crippen molar-refractivity contribution in [2.75, 3.05) is 5.32 Å². The van der Waals surface area contributed by atoms with E-state index in [9.17, 15) is 40.3 Å². The number of hydrogen-bond donors (Lipinski definition) is 2. The maximum absolute atomic E-state index is 13.7. The molecule has 38 heavy (non-hydrogen) atoms. The monoisotopic (exact) mass is 583 g/mol. The molecule has 1 aromatic carbocycles. The van der Waals surface area contributed by atoms with Gasteiger partial charge in [-0.2, -0.15) is 30.7 Å². The highest BCUT2D eigenvalue weighted by molar-refractivity contribution is 8.15. The molecule has 1 aliphatic heterocycles. The third kappa shape index (κ3) is 5.39. The molecule has 1 atom stereocenters. The first kappa shape index (κ1) is 27.6. The lowest BCUT2D eigenvalue weighted by atomic mass is 9.53. The van der Waals surface area contributed by atoms with Crippen LogP contribution in [-0.2, 0) is 9.59 Å². The summed E-state index contributed by atoms with van der Waals surface area (Å²) >= 11 is 0.200. The number of carbonyl (C=O) groups is 2. The average molecular weight is 584 g/mol. The number of alkyl halides is 7. The molecule has 6 rings (SSSR count). The Morgan fingerprint density at radius 1 is 1.05 bits per heavy atom. The molecule has 0 radical (unpaired) electrons. The standard InChI is InChI=1S/C24H24F7N3O2S2/c25-22(26,23(27,28)29)24(30,31)38-16-3-1-2-15(7-16)32-18(35)8-17-19(36)33-20(37-17)34-21-9-12-4-13(10-21)6-14(5-12)11-21/h1-3,7,12-14,17H,4-6,8-11H2,(H,32,35)(H,33,34,36). The van der Waals surface area contributed by atoms with E-state index in [1.807, 2.05) is 0 Å². The Morgan fingerprint density at radius 2 is 1.66 bits per heavy atom. The number of anilines is 1. The van der Waals surface area contributed by atoms with Crippen molar-refractivity contribution in [1.29, 1.82) is 0 Å². The van der Waals surface area contributed by atoms with E-state index < -0.39 is 45.2 Å². The van der Waals surface area contributed by atoms with Crippen LogP contribution in [0.1, 0.15) is 44.9 Å². The van der Waals surface area contributed by atoms with Crippen LogP contribution in [0.2, 0.25) is 0 Å². The maximum atomic E-state index is 13.7. The topological polar surface area (TPSA) is 70.6 Å². The lowest BCUT2D eigenvalue weighted by molar-refractivity contribution is -0.330. The van der Waals surface area contributed by atoms with Gasteiger partial charge >= 0.3 is 17.4 Å². The van der Waals surface area contributed by atoms with Crippen LogP contribution in [0.4, 0.5) is 36.4 Å². The minimum absolute atomic E-state index is 0.0861. The van der Waals surface area contributed by atoms with Crippen LogP contribution in [0.25, 0.3) is 0 Å². The van der Waals surface area contributed by atoms with Gasteiger partial charge in [-0.25, -0.2) is 0 Å². The number of amidine groups is 1. The van der Waals surface area contributed by atoms with Gasteiger partial charge in [-0.1, -0.05) is 17.8 Å². The second-order valence-corrected chi connectivity index (χ2v) is 13.0. The van der Waals surface area contributed by atoms with Gasteiger partial charge in [0.25, 0.3) is 0 Å². The fourth-order valence-corrected chi connectivity index (χ4v) is 8.35. The van der Waals surface area contributed by atoms with E-state index in [4.69, 9.17) is 4.99 Å². The summed E-state index contributed by atoms with van der Waals surface area (Å²) in [5.41, 5.74) is -0.248. The third-order valence-electron chi connectivity index (χ3n) is 7.58. The number of aliphatic imine (C=N–C) groups is 1. The molecule has 208 valence electrons. The number of benzene rings is 1. The highest BCUT2D eigenvalue weighted by Crippen LogP contribution is 2.57. The minimum atomic E-state index is -6.44. The second kappa shape index (κ2) is 9.60. The van der Waals surface area contributed by atoms with E-state index >= 15 is 0 Å². The lowest BCUT2D eigenvalue weighted by Crippen LogP contribution is -2.50. The molecule has 0 aromatic heterocycles. The first-order chi connectivity index (χ1) is 17.6. The van der Waals surface area contributed by atoms with E-state index in [0.29, 0.717) is 22.9 Å². The maximum Gasteiger partial charge on any atom is 0.460 e. The first-order valence-electron chi connectivity index (χ1n) is 12.1.